The molecule has 1 rings (SSSR count). The van der Waals surface area contributed by atoms with Crippen LogP contribution in [0.4, 0.5) is 0 Å². The van der Waals surface area contributed by atoms with E-state index in [4.69, 9.17) is 19.3 Å². The quantitative estimate of drug-likeness (QED) is 0.146. The van der Waals surface area contributed by atoms with E-state index in [1.165, 1.54) is 0 Å². The Morgan fingerprint density at radius 1 is 1.04 bits per heavy atom. The average Bonchev–Trinajstić information content (AvgIpc) is 2.64. The van der Waals surface area contributed by atoms with E-state index in [0.717, 1.165) is 0 Å². The molecule has 0 aromatic carbocycles. The Morgan fingerprint density at radius 3 is 2.32 bits per heavy atom. The van der Waals surface area contributed by atoms with Crippen molar-refractivity contribution in [2.24, 2.45) is 5.92 Å². The van der Waals surface area contributed by atoms with Crippen molar-refractivity contribution < 1.29 is 54.4 Å². The topological polar surface area (TPSA) is 183 Å². The van der Waals surface area contributed by atoms with Crippen molar-refractivity contribution in [3.63, 3.8) is 0 Å². The zero-order valence-electron chi connectivity index (χ0n) is 15.8. The molecule has 0 saturated carbocycles. The smallest absolute Gasteiger partial charge is 0.303 e. The van der Waals surface area contributed by atoms with E-state index in [1.54, 1.807) is 6.92 Å². The number of aliphatic carboxylic acids is 1. The van der Waals surface area contributed by atoms with Crippen molar-refractivity contribution in [1.82, 2.24) is 0 Å². The van der Waals surface area contributed by atoms with E-state index in [1.807, 2.05) is 0 Å². The summed E-state index contributed by atoms with van der Waals surface area (Å²) in [7, 11) is 0. The lowest BCUT2D eigenvalue weighted by molar-refractivity contribution is -0.382. The lowest BCUT2D eigenvalue weighted by Crippen LogP contribution is -2.67. The minimum absolute atomic E-state index is 0.0122. The summed E-state index contributed by atoms with van der Waals surface area (Å²) in [6.07, 6.45) is -6.02. The van der Waals surface area contributed by atoms with Crippen LogP contribution in [0.5, 0.6) is 0 Å². The van der Waals surface area contributed by atoms with Crippen LogP contribution in [-0.2, 0) is 23.8 Å². The van der Waals surface area contributed by atoms with Gasteiger partial charge in [0.05, 0.1) is 19.8 Å². The summed E-state index contributed by atoms with van der Waals surface area (Å²) in [5, 5.41) is 56.3. The first kappa shape index (κ1) is 24.9. The van der Waals surface area contributed by atoms with Crippen LogP contribution in [0.25, 0.3) is 0 Å². The number of ketones is 1. The van der Waals surface area contributed by atoms with Crippen LogP contribution in [0, 0.1) is 5.92 Å². The molecule has 0 aromatic rings. The molecule has 3 unspecified atom stereocenters. The molecule has 0 spiro atoms. The number of ether oxygens (including phenoxy) is 3. The van der Waals surface area contributed by atoms with E-state index in [9.17, 15) is 35.1 Å². The van der Waals surface area contributed by atoms with Gasteiger partial charge in [-0.15, -0.1) is 0 Å². The molecule has 1 aliphatic rings. The fraction of sp³-hybridized carbons (Fsp3) is 0.882. The molecule has 1 saturated heterocycles. The highest BCUT2D eigenvalue weighted by atomic mass is 16.7. The minimum Gasteiger partial charge on any atom is -0.481 e. The summed E-state index contributed by atoms with van der Waals surface area (Å²) in [5.74, 6) is -4.17. The summed E-state index contributed by atoms with van der Waals surface area (Å²) < 4.78 is 15.4. The molecule has 6 N–H and O–H groups in total. The number of carboxylic acids is 1. The largest absolute Gasteiger partial charge is 0.481 e. The van der Waals surface area contributed by atoms with Gasteiger partial charge in [-0.25, -0.2) is 0 Å². The molecule has 28 heavy (non-hydrogen) atoms. The molecule has 1 fully saturated rings. The van der Waals surface area contributed by atoms with Gasteiger partial charge in [0.15, 0.2) is 12.4 Å². The molecule has 164 valence electrons. The van der Waals surface area contributed by atoms with E-state index in [0.29, 0.717) is 25.9 Å². The Labute approximate surface area is 162 Å². The van der Waals surface area contributed by atoms with E-state index in [-0.39, 0.29) is 37.9 Å². The standard InChI is InChI=1S/C17H30O11/c1-10(4-5-13(19)20)11(18)3-2-6-26-7-8-27-9-12-14(21)17(24,25)15(22)16(23)28-12/h10,12,14-16,21-25H,2-9H2,1H3,(H,19,20)/t10?,12?,14-,15?,16-/m1/s1. The van der Waals surface area contributed by atoms with Gasteiger partial charge in [0.2, 0.25) is 5.79 Å². The number of rotatable bonds is 13. The number of Topliss-reactive ketones (excluding diaryl/α,β-unsaturated/α-hetero) is 1. The lowest BCUT2D eigenvalue weighted by Gasteiger charge is -2.43. The molecule has 0 bridgehead atoms. The van der Waals surface area contributed by atoms with Crippen LogP contribution >= 0.6 is 0 Å². The molecule has 11 heteroatoms. The maximum Gasteiger partial charge on any atom is 0.303 e. The summed E-state index contributed by atoms with van der Waals surface area (Å²) in [6.45, 7) is 2.02. The molecule has 1 aliphatic heterocycles. The second kappa shape index (κ2) is 11.7. The third-order valence-corrected chi connectivity index (χ3v) is 4.51. The number of aliphatic hydroxyl groups is 5. The van der Waals surface area contributed by atoms with Gasteiger partial charge < -0.3 is 44.8 Å². The fourth-order valence-electron chi connectivity index (χ4n) is 2.63. The van der Waals surface area contributed by atoms with Crippen LogP contribution in [-0.4, -0.2) is 99.2 Å². The summed E-state index contributed by atoms with van der Waals surface area (Å²) in [6, 6.07) is 0. The molecule has 11 nitrogen and oxygen atoms in total. The van der Waals surface area contributed by atoms with Crippen molar-refractivity contribution in [1.29, 1.82) is 0 Å². The minimum atomic E-state index is -2.92. The van der Waals surface area contributed by atoms with E-state index in [2.05, 4.69) is 0 Å². The van der Waals surface area contributed by atoms with Gasteiger partial charge in [-0.2, -0.15) is 0 Å². The Bertz CT molecular complexity index is 495. The fourth-order valence-corrected chi connectivity index (χ4v) is 2.63. The summed E-state index contributed by atoms with van der Waals surface area (Å²) in [5.41, 5.74) is 0. The predicted molar refractivity (Wildman–Crippen MR) is 92.0 cm³/mol. The predicted octanol–water partition coefficient (Wildman–Crippen LogP) is -2.01. The van der Waals surface area contributed by atoms with Crippen LogP contribution < -0.4 is 0 Å². The van der Waals surface area contributed by atoms with Gasteiger partial charge >= 0.3 is 5.97 Å². The van der Waals surface area contributed by atoms with Crippen molar-refractivity contribution in [3.8, 4) is 0 Å². The van der Waals surface area contributed by atoms with Gasteiger partial charge in [-0.1, -0.05) is 6.92 Å². The Morgan fingerprint density at radius 2 is 1.68 bits per heavy atom. The van der Waals surface area contributed by atoms with Crippen LogP contribution in [0.3, 0.4) is 0 Å². The highest BCUT2D eigenvalue weighted by Gasteiger charge is 2.54. The number of hydrogen-bond donors (Lipinski definition) is 6. The zero-order chi connectivity index (χ0) is 21.3. The lowest BCUT2D eigenvalue weighted by atomic mass is 9.95. The van der Waals surface area contributed by atoms with Crippen molar-refractivity contribution in [3.05, 3.63) is 0 Å². The molecule has 0 amide bonds. The average molecular weight is 410 g/mol. The number of carboxylic acid groups (broad SMARTS) is 1. The first-order valence-corrected chi connectivity index (χ1v) is 9.11. The van der Waals surface area contributed by atoms with Gasteiger partial charge in [-0.05, 0) is 12.8 Å². The maximum atomic E-state index is 11.8. The molecule has 0 radical (unpaired) electrons. The van der Waals surface area contributed by atoms with Gasteiger partial charge in [-0.3, -0.25) is 9.59 Å². The summed E-state index contributed by atoms with van der Waals surface area (Å²) >= 11 is 0. The number of carbonyl (C=O) groups excluding carboxylic acids is 1. The van der Waals surface area contributed by atoms with Crippen molar-refractivity contribution in [2.45, 2.75) is 63.0 Å². The number of carbonyl (C=O) groups is 2. The number of hydrogen-bond acceptors (Lipinski definition) is 10. The third-order valence-electron chi connectivity index (χ3n) is 4.51. The Kier molecular flexibility index (Phi) is 10.4. The van der Waals surface area contributed by atoms with E-state index >= 15 is 0 Å². The maximum absolute atomic E-state index is 11.8. The van der Waals surface area contributed by atoms with Crippen LogP contribution in [0.1, 0.15) is 32.6 Å². The third kappa shape index (κ3) is 7.68. The molecule has 1 heterocycles. The first-order valence-electron chi connectivity index (χ1n) is 9.11. The summed E-state index contributed by atoms with van der Waals surface area (Å²) in [4.78, 5) is 22.3. The highest BCUT2D eigenvalue weighted by Crippen LogP contribution is 2.27. The molecular weight excluding hydrogens is 380 g/mol. The van der Waals surface area contributed by atoms with E-state index < -0.39 is 36.4 Å². The second-order valence-corrected chi connectivity index (χ2v) is 6.83. The Balaban J connectivity index is 2.10. The monoisotopic (exact) mass is 410 g/mol. The molecule has 5 atom stereocenters. The first-order chi connectivity index (χ1) is 13.1. The normalized spacial score (nSPS) is 28.1. The van der Waals surface area contributed by atoms with Crippen molar-refractivity contribution >= 4 is 11.8 Å². The van der Waals surface area contributed by atoms with Gasteiger partial charge in [0.1, 0.15) is 18.0 Å². The zero-order valence-corrected chi connectivity index (χ0v) is 15.8. The SMILES string of the molecule is CC(CCC(=O)O)C(=O)CCCOCCOCC1O[C@@H](O)C(O)C(O)(O)[C@@H]1O. The second-order valence-electron chi connectivity index (χ2n) is 6.83. The number of aliphatic hydroxyl groups excluding tert-OH is 3. The van der Waals surface area contributed by atoms with Gasteiger partial charge in [0.25, 0.3) is 0 Å². The van der Waals surface area contributed by atoms with Crippen LogP contribution in [0.15, 0.2) is 0 Å². The van der Waals surface area contributed by atoms with Crippen LogP contribution in [0.2, 0.25) is 0 Å². The highest BCUT2D eigenvalue weighted by molar-refractivity contribution is 5.81. The van der Waals surface area contributed by atoms with Gasteiger partial charge in [0, 0.05) is 25.4 Å². The molecule has 0 aromatic heterocycles. The molecular formula is C17H30O11. The molecule has 0 aliphatic carbocycles. The Hall–Kier alpha value is -1.18. The van der Waals surface area contributed by atoms with Crippen molar-refractivity contribution in [2.75, 3.05) is 26.4 Å².